The summed E-state index contributed by atoms with van der Waals surface area (Å²) in [6.07, 6.45) is 3.44. The number of nitrogens with two attached hydrogens (primary N) is 1. The van der Waals surface area contributed by atoms with E-state index in [1.807, 2.05) is 36.4 Å². The van der Waals surface area contributed by atoms with Crippen molar-refractivity contribution in [1.82, 2.24) is 20.2 Å². The smallest absolute Gasteiger partial charge is 0.183 e. The van der Waals surface area contributed by atoms with Crippen LogP contribution in [-0.2, 0) is 0 Å². The van der Waals surface area contributed by atoms with Crippen molar-refractivity contribution in [2.75, 3.05) is 5.32 Å². The average molecular weight is 296 g/mol. The maximum atomic E-state index is 5.43. The molecule has 0 saturated heterocycles. The minimum absolute atomic E-state index is 0.237. The molecule has 0 aliphatic carbocycles. The van der Waals surface area contributed by atoms with Crippen LogP contribution < -0.4 is 11.1 Å². The van der Waals surface area contributed by atoms with E-state index < -0.39 is 0 Å². The molecule has 0 fully saturated rings. The summed E-state index contributed by atoms with van der Waals surface area (Å²) in [5, 5.41) is 10.2. The van der Waals surface area contributed by atoms with Gasteiger partial charge in [0.25, 0.3) is 0 Å². The molecule has 0 aliphatic heterocycles. The zero-order chi connectivity index (χ0) is 14.7. The van der Waals surface area contributed by atoms with Gasteiger partial charge >= 0.3 is 0 Å². The Hall–Kier alpha value is -2.80. The van der Waals surface area contributed by atoms with E-state index in [1.165, 1.54) is 0 Å². The van der Waals surface area contributed by atoms with Gasteiger partial charge in [-0.15, -0.1) is 0 Å². The minimum Gasteiger partial charge on any atom is -0.376 e. The van der Waals surface area contributed by atoms with Gasteiger partial charge < -0.3 is 11.1 Å². The summed E-state index contributed by atoms with van der Waals surface area (Å²) in [6, 6.07) is 11.3. The Bertz CT molecular complexity index is 751. The molecule has 0 aliphatic rings. The Morgan fingerprint density at radius 2 is 1.95 bits per heavy atom. The molecular formula is C14H12N6S. The zero-order valence-electron chi connectivity index (χ0n) is 10.9. The highest BCUT2D eigenvalue weighted by Crippen LogP contribution is 2.20. The predicted molar refractivity (Wildman–Crippen MR) is 85.5 cm³/mol. The van der Waals surface area contributed by atoms with E-state index in [2.05, 4.69) is 25.5 Å². The second-order valence-corrected chi connectivity index (χ2v) is 4.76. The van der Waals surface area contributed by atoms with Crippen molar-refractivity contribution < 1.29 is 0 Å². The summed E-state index contributed by atoms with van der Waals surface area (Å²) in [6.45, 7) is 0. The van der Waals surface area contributed by atoms with Crippen LogP contribution in [0.15, 0.2) is 48.8 Å². The van der Waals surface area contributed by atoms with Crippen LogP contribution in [0.5, 0.6) is 0 Å². The SMILES string of the molecule is NC(=S)Nc1ccc(-c2nc(-c3cccnc3)n[nH]2)cc1. The van der Waals surface area contributed by atoms with E-state index in [0.717, 1.165) is 16.8 Å². The number of benzene rings is 1. The van der Waals surface area contributed by atoms with Gasteiger partial charge in [0.15, 0.2) is 16.8 Å². The van der Waals surface area contributed by atoms with Crippen LogP contribution in [0.4, 0.5) is 5.69 Å². The van der Waals surface area contributed by atoms with Crippen molar-refractivity contribution in [3.63, 3.8) is 0 Å². The van der Waals surface area contributed by atoms with E-state index in [4.69, 9.17) is 18.0 Å². The fourth-order valence-electron chi connectivity index (χ4n) is 1.87. The molecule has 3 aromatic rings. The first-order valence-corrected chi connectivity index (χ1v) is 6.63. The molecule has 7 heteroatoms. The Morgan fingerprint density at radius 1 is 1.14 bits per heavy atom. The van der Waals surface area contributed by atoms with Crippen molar-refractivity contribution in [1.29, 1.82) is 0 Å². The zero-order valence-corrected chi connectivity index (χ0v) is 11.8. The van der Waals surface area contributed by atoms with Gasteiger partial charge in [-0.3, -0.25) is 10.1 Å². The summed E-state index contributed by atoms with van der Waals surface area (Å²) in [4.78, 5) is 8.52. The number of aromatic nitrogens is 4. The van der Waals surface area contributed by atoms with Crippen molar-refractivity contribution in [2.24, 2.45) is 5.73 Å². The van der Waals surface area contributed by atoms with Crippen LogP contribution in [0, 0.1) is 0 Å². The number of nitrogens with zero attached hydrogens (tertiary/aromatic N) is 3. The topological polar surface area (TPSA) is 92.5 Å². The van der Waals surface area contributed by atoms with Crippen molar-refractivity contribution in [3.8, 4) is 22.8 Å². The van der Waals surface area contributed by atoms with Gasteiger partial charge in [-0.25, -0.2) is 4.98 Å². The van der Waals surface area contributed by atoms with Crippen LogP contribution in [0.3, 0.4) is 0 Å². The maximum absolute atomic E-state index is 5.43. The number of H-pyrrole nitrogens is 1. The number of rotatable bonds is 3. The predicted octanol–water partition coefficient (Wildman–Crippen LogP) is 2.19. The molecule has 2 heterocycles. The summed E-state index contributed by atoms with van der Waals surface area (Å²) >= 11 is 4.79. The van der Waals surface area contributed by atoms with Gasteiger partial charge in [0.2, 0.25) is 0 Å². The van der Waals surface area contributed by atoms with Crippen LogP contribution >= 0.6 is 12.2 Å². The molecule has 0 amide bonds. The lowest BCUT2D eigenvalue weighted by atomic mass is 10.2. The van der Waals surface area contributed by atoms with Crippen molar-refractivity contribution in [2.45, 2.75) is 0 Å². The molecule has 0 spiro atoms. The molecule has 2 aromatic heterocycles. The van der Waals surface area contributed by atoms with Crippen molar-refractivity contribution in [3.05, 3.63) is 48.8 Å². The molecule has 0 saturated carbocycles. The Balaban J connectivity index is 1.85. The molecule has 6 nitrogen and oxygen atoms in total. The average Bonchev–Trinajstić information content (AvgIpc) is 2.98. The molecule has 0 radical (unpaired) electrons. The van der Waals surface area contributed by atoms with E-state index in [-0.39, 0.29) is 5.11 Å². The normalized spacial score (nSPS) is 10.3. The first kappa shape index (κ1) is 13.2. The molecule has 104 valence electrons. The number of nitrogens with one attached hydrogen (secondary N) is 2. The molecule has 3 rings (SSSR count). The monoisotopic (exact) mass is 296 g/mol. The highest BCUT2D eigenvalue weighted by Gasteiger charge is 2.07. The summed E-state index contributed by atoms with van der Waals surface area (Å²) in [5.74, 6) is 1.30. The number of pyridine rings is 1. The lowest BCUT2D eigenvalue weighted by Crippen LogP contribution is -2.18. The van der Waals surface area contributed by atoms with E-state index in [9.17, 15) is 0 Å². The maximum Gasteiger partial charge on any atom is 0.183 e. The van der Waals surface area contributed by atoms with E-state index in [1.54, 1.807) is 12.4 Å². The fraction of sp³-hybridized carbons (Fsp3) is 0. The Kier molecular flexibility index (Phi) is 3.57. The first-order chi connectivity index (χ1) is 10.2. The summed E-state index contributed by atoms with van der Waals surface area (Å²) in [7, 11) is 0. The third-order valence-electron chi connectivity index (χ3n) is 2.83. The quantitative estimate of drug-likeness (QED) is 0.642. The molecule has 4 N–H and O–H groups in total. The van der Waals surface area contributed by atoms with Crippen LogP contribution in [0.25, 0.3) is 22.8 Å². The number of hydrogen-bond acceptors (Lipinski definition) is 4. The minimum atomic E-state index is 0.237. The highest BCUT2D eigenvalue weighted by molar-refractivity contribution is 7.80. The lowest BCUT2D eigenvalue weighted by molar-refractivity contribution is 1.10. The van der Waals surface area contributed by atoms with E-state index >= 15 is 0 Å². The third-order valence-corrected chi connectivity index (χ3v) is 2.93. The molecule has 1 aromatic carbocycles. The number of thiocarbonyl (C=S) groups is 1. The number of hydrogen-bond donors (Lipinski definition) is 3. The molecular weight excluding hydrogens is 284 g/mol. The van der Waals surface area contributed by atoms with Gasteiger partial charge in [-0.2, -0.15) is 5.10 Å². The second-order valence-electron chi connectivity index (χ2n) is 4.32. The summed E-state index contributed by atoms with van der Waals surface area (Å²) in [5.41, 5.74) is 8.05. The van der Waals surface area contributed by atoms with Crippen LogP contribution in [0.2, 0.25) is 0 Å². The van der Waals surface area contributed by atoms with Gasteiger partial charge in [-0.1, -0.05) is 0 Å². The fourth-order valence-corrected chi connectivity index (χ4v) is 1.99. The summed E-state index contributed by atoms with van der Waals surface area (Å²) < 4.78 is 0. The molecule has 0 bridgehead atoms. The standard InChI is InChI=1S/C14H12N6S/c15-14(21)17-11-5-3-9(4-6-11)12-18-13(20-19-12)10-2-1-7-16-8-10/h1-8H,(H3,15,17,21)(H,18,19,20). The van der Waals surface area contributed by atoms with Crippen molar-refractivity contribution >= 4 is 23.0 Å². The van der Waals surface area contributed by atoms with Crippen LogP contribution in [-0.4, -0.2) is 25.3 Å². The lowest BCUT2D eigenvalue weighted by Gasteiger charge is -2.03. The van der Waals surface area contributed by atoms with Gasteiger partial charge in [0.05, 0.1) is 0 Å². The number of anilines is 1. The van der Waals surface area contributed by atoms with E-state index in [0.29, 0.717) is 11.6 Å². The van der Waals surface area contributed by atoms with Gasteiger partial charge in [-0.05, 0) is 48.6 Å². The molecule has 21 heavy (non-hydrogen) atoms. The second kappa shape index (κ2) is 5.68. The molecule has 0 unspecified atom stereocenters. The van der Waals surface area contributed by atoms with Crippen LogP contribution in [0.1, 0.15) is 0 Å². The highest BCUT2D eigenvalue weighted by atomic mass is 32.1. The number of aromatic amines is 1. The Labute approximate surface area is 126 Å². The first-order valence-electron chi connectivity index (χ1n) is 6.22. The van der Waals surface area contributed by atoms with Gasteiger partial charge in [0, 0.05) is 29.2 Å². The third kappa shape index (κ3) is 3.03. The largest absolute Gasteiger partial charge is 0.376 e. The van der Waals surface area contributed by atoms with Gasteiger partial charge in [0.1, 0.15) is 0 Å². The molecule has 0 atom stereocenters. The Morgan fingerprint density at radius 3 is 2.62 bits per heavy atom.